The Morgan fingerprint density at radius 1 is 0.960 bits per heavy atom. The number of hydrogen-bond donors (Lipinski definition) is 1. The van der Waals surface area contributed by atoms with E-state index in [1.165, 1.54) is 16.3 Å². The number of carbonyl (C=O) groups is 1. The molecular formula is C21H21NO2S. The van der Waals surface area contributed by atoms with Crippen molar-refractivity contribution in [2.24, 2.45) is 0 Å². The molecule has 1 amide bonds. The summed E-state index contributed by atoms with van der Waals surface area (Å²) < 4.78 is 5.14. The fourth-order valence-corrected chi connectivity index (χ4v) is 3.40. The maximum atomic E-state index is 12.0. The van der Waals surface area contributed by atoms with Crippen LogP contribution < -0.4 is 10.1 Å². The van der Waals surface area contributed by atoms with Gasteiger partial charge in [0.15, 0.2) is 0 Å². The van der Waals surface area contributed by atoms with Crippen LogP contribution in [0.3, 0.4) is 0 Å². The molecule has 1 N–H and O–H groups in total. The summed E-state index contributed by atoms with van der Waals surface area (Å²) in [6, 6.07) is 22.5. The summed E-state index contributed by atoms with van der Waals surface area (Å²) in [5.74, 6) is 2.18. The average Bonchev–Trinajstić information content (AvgIpc) is 2.67. The molecular weight excluding hydrogens is 330 g/mol. The third-order valence-corrected chi connectivity index (χ3v) is 4.97. The van der Waals surface area contributed by atoms with E-state index in [0.717, 1.165) is 17.1 Å². The van der Waals surface area contributed by atoms with Crippen LogP contribution in [0.1, 0.15) is 11.1 Å². The van der Waals surface area contributed by atoms with Crippen LogP contribution in [0.25, 0.3) is 10.8 Å². The van der Waals surface area contributed by atoms with Crippen LogP contribution >= 0.6 is 11.8 Å². The number of nitrogens with one attached hydrogen (secondary N) is 1. The van der Waals surface area contributed by atoms with Gasteiger partial charge in [0.1, 0.15) is 5.75 Å². The fourth-order valence-electron chi connectivity index (χ4n) is 2.58. The second kappa shape index (κ2) is 8.58. The lowest BCUT2D eigenvalue weighted by Crippen LogP contribution is -2.24. The predicted octanol–water partition coefficient (Wildman–Crippen LogP) is 4.40. The van der Waals surface area contributed by atoms with Gasteiger partial charge in [-0.15, -0.1) is 11.8 Å². The van der Waals surface area contributed by atoms with Gasteiger partial charge < -0.3 is 10.1 Å². The van der Waals surface area contributed by atoms with E-state index in [2.05, 4.69) is 35.6 Å². The molecule has 0 bridgehead atoms. The average molecular weight is 351 g/mol. The number of carbonyl (C=O) groups excluding carboxylic acids is 1. The Kier molecular flexibility index (Phi) is 5.96. The number of thioether (sulfide) groups is 1. The molecule has 0 radical (unpaired) electrons. The van der Waals surface area contributed by atoms with Gasteiger partial charge in [-0.1, -0.05) is 48.5 Å². The van der Waals surface area contributed by atoms with Crippen LogP contribution in [0, 0.1) is 0 Å². The van der Waals surface area contributed by atoms with Crippen molar-refractivity contribution in [3.63, 3.8) is 0 Å². The molecule has 0 spiro atoms. The van der Waals surface area contributed by atoms with E-state index in [0.29, 0.717) is 12.3 Å². The highest BCUT2D eigenvalue weighted by atomic mass is 32.2. The Morgan fingerprint density at radius 3 is 2.44 bits per heavy atom. The first kappa shape index (κ1) is 17.4. The van der Waals surface area contributed by atoms with Crippen molar-refractivity contribution < 1.29 is 9.53 Å². The van der Waals surface area contributed by atoms with E-state index >= 15 is 0 Å². The molecule has 3 nitrogen and oxygen atoms in total. The topological polar surface area (TPSA) is 38.3 Å². The first-order chi connectivity index (χ1) is 12.2. The predicted molar refractivity (Wildman–Crippen MR) is 105 cm³/mol. The lowest BCUT2D eigenvalue weighted by molar-refractivity contribution is -0.118. The SMILES string of the molecule is COc1ccc(CSCC(=O)NCc2ccc3ccccc3c2)cc1. The zero-order chi connectivity index (χ0) is 17.5. The lowest BCUT2D eigenvalue weighted by Gasteiger charge is -2.07. The number of benzene rings is 3. The molecule has 0 heterocycles. The van der Waals surface area contributed by atoms with Crippen molar-refractivity contribution in [3.8, 4) is 5.75 Å². The molecule has 0 aromatic heterocycles. The molecule has 0 atom stereocenters. The van der Waals surface area contributed by atoms with Gasteiger partial charge in [0.2, 0.25) is 5.91 Å². The number of methoxy groups -OCH3 is 1. The zero-order valence-corrected chi connectivity index (χ0v) is 15.0. The number of ether oxygens (including phenoxy) is 1. The second-order valence-electron chi connectivity index (χ2n) is 5.80. The van der Waals surface area contributed by atoms with Crippen molar-refractivity contribution in [1.82, 2.24) is 5.32 Å². The standard InChI is InChI=1S/C21H21NO2S/c1-24-20-10-7-16(8-11-20)14-25-15-21(23)22-13-17-6-9-18-4-2-3-5-19(18)12-17/h2-12H,13-15H2,1H3,(H,22,23). The van der Waals surface area contributed by atoms with Crippen LogP contribution in [0.4, 0.5) is 0 Å². The molecule has 0 saturated heterocycles. The number of rotatable bonds is 7. The Balaban J connectivity index is 1.43. The summed E-state index contributed by atoms with van der Waals surface area (Å²) in [7, 11) is 1.66. The Bertz CT molecular complexity index is 846. The highest BCUT2D eigenvalue weighted by Crippen LogP contribution is 2.17. The highest BCUT2D eigenvalue weighted by molar-refractivity contribution is 7.99. The minimum atomic E-state index is 0.0617. The summed E-state index contributed by atoms with van der Waals surface area (Å²) in [4.78, 5) is 12.0. The van der Waals surface area contributed by atoms with Crippen molar-refractivity contribution in [2.75, 3.05) is 12.9 Å². The van der Waals surface area contributed by atoms with Crippen molar-refractivity contribution in [2.45, 2.75) is 12.3 Å². The molecule has 128 valence electrons. The fraction of sp³-hybridized carbons (Fsp3) is 0.190. The van der Waals surface area contributed by atoms with Gasteiger partial charge >= 0.3 is 0 Å². The normalized spacial score (nSPS) is 10.6. The van der Waals surface area contributed by atoms with Crippen LogP contribution in [0.15, 0.2) is 66.7 Å². The third-order valence-electron chi connectivity index (χ3n) is 3.96. The summed E-state index contributed by atoms with van der Waals surface area (Å²) in [6.07, 6.45) is 0. The van der Waals surface area contributed by atoms with Gasteiger partial charge in [-0.25, -0.2) is 0 Å². The maximum Gasteiger partial charge on any atom is 0.230 e. The molecule has 0 aliphatic heterocycles. The number of hydrogen-bond acceptors (Lipinski definition) is 3. The number of amides is 1. The minimum absolute atomic E-state index is 0.0617. The molecule has 25 heavy (non-hydrogen) atoms. The molecule has 0 unspecified atom stereocenters. The van der Waals surface area contributed by atoms with E-state index in [9.17, 15) is 4.79 Å². The van der Waals surface area contributed by atoms with Gasteiger partial charge in [0, 0.05) is 12.3 Å². The molecule has 4 heteroatoms. The highest BCUT2D eigenvalue weighted by Gasteiger charge is 2.03. The molecule has 0 saturated carbocycles. The van der Waals surface area contributed by atoms with Gasteiger partial charge in [0.25, 0.3) is 0 Å². The Hall–Kier alpha value is -2.46. The molecule has 0 fully saturated rings. The zero-order valence-electron chi connectivity index (χ0n) is 14.2. The molecule has 3 aromatic carbocycles. The van der Waals surface area contributed by atoms with Crippen LogP contribution in [-0.4, -0.2) is 18.8 Å². The molecule has 0 aliphatic carbocycles. The Labute approximate surface area is 152 Å². The summed E-state index contributed by atoms with van der Waals surface area (Å²) in [6.45, 7) is 0.562. The van der Waals surface area contributed by atoms with Crippen LogP contribution in [0.5, 0.6) is 5.75 Å². The molecule has 3 rings (SSSR count). The van der Waals surface area contributed by atoms with E-state index < -0.39 is 0 Å². The van der Waals surface area contributed by atoms with Gasteiger partial charge in [-0.2, -0.15) is 0 Å². The first-order valence-corrected chi connectivity index (χ1v) is 9.35. The van der Waals surface area contributed by atoms with Crippen LogP contribution in [-0.2, 0) is 17.1 Å². The quantitative estimate of drug-likeness (QED) is 0.686. The largest absolute Gasteiger partial charge is 0.497 e. The maximum absolute atomic E-state index is 12.0. The Morgan fingerprint density at radius 2 is 1.68 bits per heavy atom. The molecule has 3 aromatic rings. The van der Waals surface area contributed by atoms with Crippen molar-refractivity contribution in [3.05, 3.63) is 77.9 Å². The second-order valence-corrected chi connectivity index (χ2v) is 6.78. The van der Waals surface area contributed by atoms with E-state index in [1.807, 2.05) is 36.4 Å². The van der Waals surface area contributed by atoms with Gasteiger partial charge in [0.05, 0.1) is 12.9 Å². The smallest absolute Gasteiger partial charge is 0.230 e. The minimum Gasteiger partial charge on any atom is -0.497 e. The third kappa shape index (κ3) is 5.00. The van der Waals surface area contributed by atoms with E-state index in [4.69, 9.17) is 4.74 Å². The van der Waals surface area contributed by atoms with Crippen molar-refractivity contribution in [1.29, 1.82) is 0 Å². The van der Waals surface area contributed by atoms with Crippen LogP contribution in [0.2, 0.25) is 0 Å². The van der Waals surface area contributed by atoms with Crippen molar-refractivity contribution >= 4 is 28.4 Å². The monoisotopic (exact) mass is 351 g/mol. The van der Waals surface area contributed by atoms with E-state index in [-0.39, 0.29) is 5.91 Å². The van der Waals surface area contributed by atoms with Gasteiger partial charge in [-0.05, 0) is 40.1 Å². The molecule has 0 aliphatic rings. The lowest BCUT2D eigenvalue weighted by atomic mass is 10.1. The summed E-state index contributed by atoms with van der Waals surface area (Å²) in [5, 5.41) is 5.40. The van der Waals surface area contributed by atoms with E-state index in [1.54, 1.807) is 18.9 Å². The first-order valence-electron chi connectivity index (χ1n) is 8.19. The summed E-state index contributed by atoms with van der Waals surface area (Å²) in [5.41, 5.74) is 2.31. The number of fused-ring (bicyclic) bond motifs is 1. The summed E-state index contributed by atoms with van der Waals surface area (Å²) >= 11 is 1.61. The van der Waals surface area contributed by atoms with Gasteiger partial charge in [-0.3, -0.25) is 4.79 Å².